The molecular formula is C11H11BrFNO. The molecule has 1 fully saturated rings. The first kappa shape index (κ1) is 10.6. The van der Waals surface area contributed by atoms with Gasteiger partial charge in [-0.05, 0) is 52.9 Å². The highest BCUT2D eigenvalue weighted by atomic mass is 79.9. The van der Waals surface area contributed by atoms with E-state index in [-0.39, 0.29) is 11.7 Å². The van der Waals surface area contributed by atoms with Crippen molar-refractivity contribution in [1.82, 2.24) is 0 Å². The predicted octanol–water partition coefficient (Wildman–Crippen LogP) is 3.33. The average Bonchev–Trinajstić information content (AvgIpc) is 2.95. The third-order valence-corrected chi connectivity index (χ3v) is 2.98. The van der Waals surface area contributed by atoms with E-state index in [9.17, 15) is 9.18 Å². The molecule has 1 aliphatic carbocycles. The largest absolute Gasteiger partial charge is 0.326 e. The normalized spacial score (nSPS) is 15.1. The van der Waals surface area contributed by atoms with Crippen molar-refractivity contribution in [3.63, 3.8) is 0 Å². The van der Waals surface area contributed by atoms with Gasteiger partial charge in [0.25, 0.3) is 0 Å². The summed E-state index contributed by atoms with van der Waals surface area (Å²) in [4.78, 5) is 11.4. The highest BCUT2D eigenvalue weighted by Gasteiger charge is 2.24. The minimum Gasteiger partial charge on any atom is -0.326 e. The van der Waals surface area contributed by atoms with Crippen molar-refractivity contribution in [2.75, 3.05) is 5.32 Å². The molecule has 1 amide bonds. The number of hydrogen-bond acceptors (Lipinski definition) is 1. The Balaban J connectivity index is 1.97. The van der Waals surface area contributed by atoms with Crippen LogP contribution in [0, 0.1) is 11.7 Å². The maximum absolute atomic E-state index is 12.9. The van der Waals surface area contributed by atoms with E-state index >= 15 is 0 Å². The van der Waals surface area contributed by atoms with Crippen LogP contribution in [0.15, 0.2) is 22.7 Å². The number of hydrogen-bond donors (Lipinski definition) is 1. The molecule has 0 heterocycles. The van der Waals surface area contributed by atoms with Gasteiger partial charge in [-0.15, -0.1) is 0 Å². The number of carbonyl (C=O) groups is 1. The quantitative estimate of drug-likeness (QED) is 0.898. The van der Waals surface area contributed by atoms with Crippen LogP contribution in [-0.4, -0.2) is 5.91 Å². The zero-order chi connectivity index (χ0) is 10.8. The number of anilines is 1. The lowest BCUT2D eigenvalue weighted by Crippen LogP contribution is -2.11. The number of carbonyl (C=O) groups excluding carboxylic acids is 1. The summed E-state index contributed by atoms with van der Waals surface area (Å²) in [6.45, 7) is 0. The zero-order valence-corrected chi connectivity index (χ0v) is 9.68. The summed E-state index contributed by atoms with van der Waals surface area (Å²) >= 11 is 3.07. The van der Waals surface area contributed by atoms with Gasteiger partial charge in [-0.1, -0.05) is 0 Å². The van der Waals surface area contributed by atoms with Crippen LogP contribution in [0.3, 0.4) is 0 Å². The number of halogens is 2. The summed E-state index contributed by atoms with van der Waals surface area (Å²) in [6.07, 6.45) is 2.88. The van der Waals surface area contributed by atoms with E-state index < -0.39 is 0 Å². The van der Waals surface area contributed by atoms with E-state index in [0.717, 1.165) is 12.8 Å². The van der Waals surface area contributed by atoms with Crippen molar-refractivity contribution < 1.29 is 9.18 Å². The third kappa shape index (κ3) is 3.02. The average molecular weight is 272 g/mol. The Labute approximate surface area is 96.0 Å². The molecule has 1 aromatic carbocycles. The maximum atomic E-state index is 12.9. The van der Waals surface area contributed by atoms with Crippen molar-refractivity contribution in [3.05, 3.63) is 28.5 Å². The fourth-order valence-electron chi connectivity index (χ4n) is 1.37. The summed E-state index contributed by atoms with van der Waals surface area (Å²) < 4.78 is 13.3. The van der Waals surface area contributed by atoms with Crippen LogP contribution in [0.4, 0.5) is 10.1 Å². The molecule has 0 atom stereocenters. The molecule has 0 aromatic heterocycles. The Morgan fingerprint density at radius 1 is 1.53 bits per heavy atom. The third-order valence-electron chi connectivity index (χ3n) is 2.37. The van der Waals surface area contributed by atoms with E-state index in [2.05, 4.69) is 21.2 Å². The van der Waals surface area contributed by atoms with Crippen molar-refractivity contribution >= 4 is 27.5 Å². The molecule has 0 unspecified atom stereocenters. The lowest BCUT2D eigenvalue weighted by atomic mass is 10.2. The topological polar surface area (TPSA) is 29.1 Å². The molecule has 2 nitrogen and oxygen atoms in total. The van der Waals surface area contributed by atoms with Gasteiger partial charge in [0.05, 0.1) is 4.47 Å². The zero-order valence-electron chi connectivity index (χ0n) is 8.09. The first-order valence-electron chi connectivity index (χ1n) is 4.90. The number of nitrogens with one attached hydrogen (secondary N) is 1. The second-order valence-electron chi connectivity index (χ2n) is 3.82. The molecule has 1 N–H and O–H groups in total. The molecule has 2 rings (SSSR count). The summed E-state index contributed by atoms with van der Waals surface area (Å²) in [5.41, 5.74) is 0.633. The Hall–Kier alpha value is -0.900. The molecular weight excluding hydrogens is 261 g/mol. The van der Waals surface area contributed by atoms with Gasteiger partial charge in [-0.25, -0.2) is 4.39 Å². The summed E-state index contributed by atoms with van der Waals surface area (Å²) in [5, 5.41) is 2.75. The lowest BCUT2D eigenvalue weighted by molar-refractivity contribution is -0.116. The molecule has 0 bridgehead atoms. The van der Waals surface area contributed by atoms with Gasteiger partial charge in [0.1, 0.15) is 5.82 Å². The van der Waals surface area contributed by atoms with Gasteiger partial charge in [0, 0.05) is 12.1 Å². The lowest BCUT2D eigenvalue weighted by Gasteiger charge is -2.05. The van der Waals surface area contributed by atoms with E-state index in [4.69, 9.17) is 0 Å². The van der Waals surface area contributed by atoms with Gasteiger partial charge in [-0.3, -0.25) is 4.79 Å². The van der Waals surface area contributed by atoms with Gasteiger partial charge in [0.15, 0.2) is 0 Å². The first-order valence-corrected chi connectivity index (χ1v) is 5.69. The SMILES string of the molecule is O=C(CC1CC1)Nc1ccc(F)c(Br)c1. The van der Waals surface area contributed by atoms with Gasteiger partial charge < -0.3 is 5.32 Å². The molecule has 1 aromatic rings. The van der Waals surface area contributed by atoms with Crippen molar-refractivity contribution in [2.45, 2.75) is 19.3 Å². The number of rotatable bonds is 3. The Kier molecular flexibility index (Phi) is 3.05. The fraction of sp³-hybridized carbons (Fsp3) is 0.364. The number of amides is 1. The van der Waals surface area contributed by atoms with Crippen LogP contribution >= 0.6 is 15.9 Å². The Morgan fingerprint density at radius 3 is 2.87 bits per heavy atom. The van der Waals surface area contributed by atoms with Gasteiger partial charge in [0.2, 0.25) is 5.91 Å². The van der Waals surface area contributed by atoms with Crippen LogP contribution in [0.1, 0.15) is 19.3 Å². The Bertz CT molecular complexity index is 390. The van der Waals surface area contributed by atoms with Crippen LogP contribution in [0.2, 0.25) is 0 Å². The standard InChI is InChI=1S/C11H11BrFNO/c12-9-6-8(3-4-10(9)13)14-11(15)5-7-1-2-7/h3-4,6-7H,1-2,5H2,(H,14,15). The second kappa shape index (κ2) is 4.31. The molecule has 1 saturated carbocycles. The van der Waals surface area contributed by atoms with Gasteiger partial charge in [-0.2, -0.15) is 0 Å². The van der Waals surface area contributed by atoms with E-state index in [1.165, 1.54) is 6.07 Å². The number of benzene rings is 1. The minimum atomic E-state index is -0.324. The summed E-state index contributed by atoms with van der Waals surface area (Å²) in [7, 11) is 0. The predicted molar refractivity (Wildman–Crippen MR) is 60.1 cm³/mol. The van der Waals surface area contributed by atoms with E-state index in [1.54, 1.807) is 12.1 Å². The van der Waals surface area contributed by atoms with E-state index in [0.29, 0.717) is 22.5 Å². The van der Waals surface area contributed by atoms with Crippen LogP contribution in [0.5, 0.6) is 0 Å². The molecule has 80 valence electrons. The summed E-state index contributed by atoms with van der Waals surface area (Å²) in [5.74, 6) is 0.250. The van der Waals surface area contributed by atoms with Crippen LogP contribution in [-0.2, 0) is 4.79 Å². The van der Waals surface area contributed by atoms with Crippen LogP contribution in [0.25, 0.3) is 0 Å². The molecule has 1 aliphatic rings. The second-order valence-corrected chi connectivity index (χ2v) is 4.68. The molecule has 0 saturated heterocycles. The summed E-state index contributed by atoms with van der Waals surface area (Å²) in [6, 6.07) is 4.46. The molecule has 0 spiro atoms. The first-order chi connectivity index (χ1) is 7.15. The fourth-order valence-corrected chi connectivity index (χ4v) is 1.75. The van der Waals surface area contributed by atoms with E-state index in [1.807, 2.05) is 0 Å². The molecule has 0 radical (unpaired) electrons. The maximum Gasteiger partial charge on any atom is 0.224 e. The monoisotopic (exact) mass is 271 g/mol. The smallest absolute Gasteiger partial charge is 0.224 e. The minimum absolute atomic E-state index is 0.0102. The molecule has 15 heavy (non-hydrogen) atoms. The van der Waals surface area contributed by atoms with Gasteiger partial charge >= 0.3 is 0 Å². The highest BCUT2D eigenvalue weighted by molar-refractivity contribution is 9.10. The highest BCUT2D eigenvalue weighted by Crippen LogP contribution is 2.32. The molecule has 4 heteroatoms. The van der Waals surface area contributed by atoms with Crippen molar-refractivity contribution in [3.8, 4) is 0 Å². The van der Waals surface area contributed by atoms with Crippen molar-refractivity contribution in [1.29, 1.82) is 0 Å². The Morgan fingerprint density at radius 2 is 2.27 bits per heavy atom. The van der Waals surface area contributed by atoms with Crippen molar-refractivity contribution in [2.24, 2.45) is 5.92 Å². The molecule has 0 aliphatic heterocycles. The van der Waals surface area contributed by atoms with Crippen LogP contribution < -0.4 is 5.32 Å².